The maximum atomic E-state index is 10.8. The summed E-state index contributed by atoms with van der Waals surface area (Å²) in [5.74, 6) is -0.391. The van der Waals surface area contributed by atoms with Crippen molar-refractivity contribution in [3.8, 4) is 0 Å². The van der Waals surface area contributed by atoms with E-state index in [0.29, 0.717) is 12.5 Å². The number of nitrogens with zero attached hydrogens (tertiary/aromatic N) is 2. The summed E-state index contributed by atoms with van der Waals surface area (Å²) in [5.41, 5.74) is 1.05. The average molecular weight is 284 g/mol. The molecule has 1 heterocycles. The van der Waals surface area contributed by atoms with Crippen molar-refractivity contribution in [3.05, 3.63) is 16.1 Å². The molecule has 4 nitrogen and oxygen atoms in total. The van der Waals surface area contributed by atoms with Crippen LogP contribution < -0.4 is 0 Å². The third-order valence-electron chi connectivity index (χ3n) is 2.97. The molecule has 108 valence electrons. The van der Waals surface area contributed by atoms with Gasteiger partial charge >= 0.3 is 5.97 Å². The summed E-state index contributed by atoms with van der Waals surface area (Å²) in [6, 6.07) is 0. The van der Waals surface area contributed by atoms with E-state index in [2.05, 4.69) is 24.2 Å². The van der Waals surface area contributed by atoms with Crippen LogP contribution in [0.5, 0.6) is 0 Å². The number of carboxylic acids is 1. The molecule has 0 saturated carbocycles. The fourth-order valence-electron chi connectivity index (χ4n) is 1.84. The quantitative estimate of drug-likeness (QED) is 0.797. The van der Waals surface area contributed by atoms with E-state index in [-0.39, 0.29) is 5.92 Å². The van der Waals surface area contributed by atoms with Crippen LogP contribution in [0.25, 0.3) is 0 Å². The highest BCUT2D eigenvalue weighted by Crippen LogP contribution is 2.15. The lowest BCUT2D eigenvalue weighted by Crippen LogP contribution is -2.28. The van der Waals surface area contributed by atoms with E-state index in [0.717, 1.165) is 18.7 Å². The highest BCUT2D eigenvalue weighted by atomic mass is 32.1. The maximum absolute atomic E-state index is 10.8. The molecule has 1 N–H and O–H groups in total. The van der Waals surface area contributed by atoms with Crippen LogP contribution in [0.2, 0.25) is 0 Å². The van der Waals surface area contributed by atoms with Gasteiger partial charge in [0.15, 0.2) is 0 Å². The SMILES string of the molecule is CC(C)CCc1nc(CN(C)CC(C)C(=O)O)cs1. The molecule has 1 aromatic rings. The predicted molar refractivity (Wildman–Crippen MR) is 78.4 cm³/mol. The number of aromatic nitrogens is 1. The number of carbonyl (C=O) groups is 1. The number of thiazole rings is 1. The van der Waals surface area contributed by atoms with E-state index in [4.69, 9.17) is 5.11 Å². The average Bonchev–Trinajstić information content (AvgIpc) is 2.73. The smallest absolute Gasteiger partial charge is 0.307 e. The van der Waals surface area contributed by atoms with E-state index in [9.17, 15) is 4.79 Å². The summed E-state index contributed by atoms with van der Waals surface area (Å²) < 4.78 is 0. The first-order valence-corrected chi connectivity index (χ1v) is 7.61. The van der Waals surface area contributed by atoms with Gasteiger partial charge in [-0.3, -0.25) is 9.69 Å². The second-order valence-corrected chi connectivity index (χ2v) is 6.54. The molecule has 0 aliphatic heterocycles. The summed E-state index contributed by atoms with van der Waals surface area (Å²) in [6.07, 6.45) is 2.20. The number of aryl methyl sites for hydroxylation is 1. The second kappa shape index (κ2) is 7.60. The first kappa shape index (κ1) is 16.1. The van der Waals surface area contributed by atoms with Gasteiger partial charge in [0, 0.05) is 18.5 Å². The third kappa shape index (κ3) is 6.16. The van der Waals surface area contributed by atoms with Gasteiger partial charge in [0.1, 0.15) is 0 Å². The lowest BCUT2D eigenvalue weighted by atomic mass is 10.1. The van der Waals surface area contributed by atoms with Crippen molar-refractivity contribution in [2.45, 2.75) is 40.2 Å². The van der Waals surface area contributed by atoms with Crippen molar-refractivity contribution in [3.63, 3.8) is 0 Å². The highest BCUT2D eigenvalue weighted by Gasteiger charge is 2.14. The molecule has 0 radical (unpaired) electrons. The summed E-state index contributed by atoms with van der Waals surface area (Å²) in [4.78, 5) is 17.4. The van der Waals surface area contributed by atoms with Crippen LogP contribution in [-0.4, -0.2) is 34.6 Å². The number of hydrogen-bond donors (Lipinski definition) is 1. The molecule has 1 unspecified atom stereocenters. The monoisotopic (exact) mass is 284 g/mol. The molecule has 0 fully saturated rings. The van der Waals surface area contributed by atoms with E-state index in [1.54, 1.807) is 18.3 Å². The molecule has 0 aliphatic rings. The molecule has 1 rings (SSSR count). The van der Waals surface area contributed by atoms with Crippen molar-refractivity contribution in [2.75, 3.05) is 13.6 Å². The van der Waals surface area contributed by atoms with E-state index in [1.165, 1.54) is 11.4 Å². The molecule has 0 spiro atoms. The summed E-state index contributed by atoms with van der Waals surface area (Å²) in [6.45, 7) is 7.43. The second-order valence-electron chi connectivity index (χ2n) is 5.60. The zero-order valence-corrected chi connectivity index (χ0v) is 13.0. The Bertz CT molecular complexity index is 404. The number of aliphatic carboxylic acids is 1. The third-order valence-corrected chi connectivity index (χ3v) is 3.93. The first-order valence-electron chi connectivity index (χ1n) is 6.73. The minimum absolute atomic E-state index is 0.343. The Kier molecular flexibility index (Phi) is 6.45. The Morgan fingerprint density at radius 3 is 2.74 bits per heavy atom. The van der Waals surface area contributed by atoms with Crippen LogP contribution in [-0.2, 0) is 17.8 Å². The molecule has 1 aromatic heterocycles. The molecule has 5 heteroatoms. The van der Waals surface area contributed by atoms with Gasteiger partial charge in [-0.25, -0.2) is 4.98 Å². The number of carboxylic acid groups (broad SMARTS) is 1. The van der Waals surface area contributed by atoms with Crippen LogP contribution in [0.15, 0.2) is 5.38 Å². The van der Waals surface area contributed by atoms with Crippen LogP contribution in [0.4, 0.5) is 0 Å². The molecule has 0 aromatic carbocycles. The first-order chi connectivity index (χ1) is 8.88. The van der Waals surface area contributed by atoms with Gasteiger partial charge in [-0.05, 0) is 25.8 Å². The van der Waals surface area contributed by atoms with Gasteiger partial charge in [0.05, 0.1) is 16.6 Å². The summed E-state index contributed by atoms with van der Waals surface area (Å²) >= 11 is 1.70. The van der Waals surface area contributed by atoms with Crippen molar-refractivity contribution >= 4 is 17.3 Å². The molecular formula is C14H24N2O2S. The van der Waals surface area contributed by atoms with Crippen LogP contribution in [0.1, 0.15) is 37.9 Å². The van der Waals surface area contributed by atoms with Gasteiger partial charge < -0.3 is 5.11 Å². The molecule has 0 bridgehead atoms. The summed E-state index contributed by atoms with van der Waals surface area (Å²) in [7, 11) is 1.94. The van der Waals surface area contributed by atoms with Gasteiger partial charge in [-0.1, -0.05) is 20.8 Å². The van der Waals surface area contributed by atoms with Gasteiger partial charge in [0.25, 0.3) is 0 Å². The molecule has 0 aliphatic carbocycles. The summed E-state index contributed by atoms with van der Waals surface area (Å²) in [5, 5.41) is 12.1. The predicted octanol–water partition coefficient (Wildman–Crippen LogP) is 2.88. The standard InChI is InChI=1S/C14H24N2O2S/c1-10(2)5-6-13-15-12(9-19-13)8-16(4)7-11(3)14(17)18/h9-11H,5-8H2,1-4H3,(H,17,18). The molecule has 19 heavy (non-hydrogen) atoms. The Morgan fingerprint density at radius 1 is 1.47 bits per heavy atom. The molecule has 1 atom stereocenters. The van der Waals surface area contributed by atoms with Crippen LogP contribution >= 0.6 is 11.3 Å². The minimum Gasteiger partial charge on any atom is -0.481 e. The zero-order chi connectivity index (χ0) is 14.4. The topological polar surface area (TPSA) is 53.4 Å². The number of rotatable bonds is 8. The normalized spacial score (nSPS) is 13.2. The largest absolute Gasteiger partial charge is 0.481 e. The lowest BCUT2D eigenvalue weighted by Gasteiger charge is -2.17. The van der Waals surface area contributed by atoms with E-state index < -0.39 is 5.97 Å². The zero-order valence-electron chi connectivity index (χ0n) is 12.2. The highest BCUT2D eigenvalue weighted by molar-refractivity contribution is 7.09. The Hall–Kier alpha value is -0.940. The fourth-order valence-corrected chi connectivity index (χ4v) is 2.64. The molecule has 0 saturated heterocycles. The van der Waals surface area contributed by atoms with Gasteiger partial charge in [-0.15, -0.1) is 11.3 Å². The van der Waals surface area contributed by atoms with Crippen LogP contribution in [0.3, 0.4) is 0 Å². The minimum atomic E-state index is -0.747. The lowest BCUT2D eigenvalue weighted by molar-refractivity contribution is -0.141. The fraction of sp³-hybridized carbons (Fsp3) is 0.714. The van der Waals surface area contributed by atoms with E-state index >= 15 is 0 Å². The van der Waals surface area contributed by atoms with E-state index in [1.807, 2.05) is 11.9 Å². The van der Waals surface area contributed by atoms with Gasteiger partial charge in [-0.2, -0.15) is 0 Å². The van der Waals surface area contributed by atoms with Gasteiger partial charge in [0.2, 0.25) is 0 Å². The van der Waals surface area contributed by atoms with Crippen molar-refractivity contribution in [2.24, 2.45) is 11.8 Å². The van der Waals surface area contributed by atoms with Crippen molar-refractivity contribution in [1.29, 1.82) is 0 Å². The van der Waals surface area contributed by atoms with Crippen molar-refractivity contribution in [1.82, 2.24) is 9.88 Å². The Morgan fingerprint density at radius 2 is 2.16 bits per heavy atom. The number of hydrogen-bond acceptors (Lipinski definition) is 4. The Balaban J connectivity index is 2.42. The Labute approximate surface area is 119 Å². The molecule has 0 amide bonds. The van der Waals surface area contributed by atoms with Crippen molar-refractivity contribution < 1.29 is 9.90 Å². The maximum Gasteiger partial charge on any atom is 0.307 e. The molecular weight excluding hydrogens is 260 g/mol. The van der Waals surface area contributed by atoms with Crippen LogP contribution in [0, 0.1) is 11.8 Å².